The number of hydrogen-bond donors (Lipinski definition) is 1. The Hall–Kier alpha value is -2.88. The SMILES string of the molecule is CC(=O)OC/C(=C/CC/C(C)=C/C(=O)Nc1ccc(C)cc1)CC/C=C(\C)CCC=C(C)C. The maximum absolute atomic E-state index is 12.2. The highest BCUT2D eigenvalue weighted by molar-refractivity contribution is 5.99. The summed E-state index contributed by atoms with van der Waals surface area (Å²) in [5.41, 5.74) is 6.82. The Morgan fingerprint density at radius 3 is 2.06 bits per heavy atom. The van der Waals surface area contributed by atoms with E-state index in [1.165, 1.54) is 18.1 Å². The summed E-state index contributed by atoms with van der Waals surface area (Å²) >= 11 is 0. The largest absolute Gasteiger partial charge is 0.461 e. The van der Waals surface area contributed by atoms with E-state index in [-0.39, 0.29) is 11.9 Å². The maximum Gasteiger partial charge on any atom is 0.302 e. The van der Waals surface area contributed by atoms with Gasteiger partial charge in [-0.2, -0.15) is 0 Å². The van der Waals surface area contributed by atoms with E-state index in [9.17, 15) is 9.59 Å². The molecule has 1 aromatic carbocycles. The van der Waals surface area contributed by atoms with E-state index in [1.807, 2.05) is 38.1 Å². The van der Waals surface area contributed by atoms with Crippen LogP contribution in [0.25, 0.3) is 0 Å². The van der Waals surface area contributed by atoms with Crippen molar-refractivity contribution in [3.05, 3.63) is 76.4 Å². The average molecular weight is 452 g/mol. The monoisotopic (exact) mass is 451 g/mol. The van der Waals surface area contributed by atoms with Gasteiger partial charge < -0.3 is 10.1 Å². The van der Waals surface area contributed by atoms with Gasteiger partial charge in [0.25, 0.3) is 0 Å². The summed E-state index contributed by atoms with van der Waals surface area (Å²) in [6, 6.07) is 7.75. The van der Waals surface area contributed by atoms with Gasteiger partial charge in [0.05, 0.1) is 0 Å². The summed E-state index contributed by atoms with van der Waals surface area (Å²) in [6.07, 6.45) is 13.9. The van der Waals surface area contributed by atoms with Gasteiger partial charge in [-0.3, -0.25) is 9.59 Å². The number of carbonyl (C=O) groups is 2. The molecule has 0 aromatic heterocycles. The van der Waals surface area contributed by atoms with Crippen molar-refractivity contribution in [2.75, 3.05) is 11.9 Å². The number of allylic oxidation sites excluding steroid dienone is 6. The summed E-state index contributed by atoms with van der Waals surface area (Å²) in [7, 11) is 0. The van der Waals surface area contributed by atoms with E-state index in [0.29, 0.717) is 6.61 Å². The van der Waals surface area contributed by atoms with Crippen LogP contribution in [-0.2, 0) is 14.3 Å². The number of amides is 1. The molecule has 0 bridgehead atoms. The fourth-order valence-corrected chi connectivity index (χ4v) is 3.24. The molecule has 0 saturated heterocycles. The van der Waals surface area contributed by atoms with Crippen LogP contribution >= 0.6 is 0 Å². The van der Waals surface area contributed by atoms with Crippen molar-refractivity contribution in [1.82, 2.24) is 0 Å². The first-order valence-corrected chi connectivity index (χ1v) is 11.8. The molecule has 4 nitrogen and oxygen atoms in total. The predicted octanol–water partition coefficient (Wildman–Crippen LogP) is 7.62. The number of benzene rings is 1. The normalized spacial score (nSPS) is 12.4. The Morgan fingerprint density at radius 1 is 0.818 bits per heavy atom. The standard InChI is InChI=1S/C29H41NO3/c1-22(2)10-7-11-23(3)12-8-14-27(21-33-26(6)31)15-9-13-25(5)20-29(32)30-28-18-16-24(4)17-19-28/h10,12,15-20H,7-9,11,13-14,21H2,1-6H3,(H,30,32)/b23-12+,25-20+,27-15+. The zero-order valence-electron chi connectivity index (χ0n) is 21.3. The molecule has 0 atom stereocenters. The van der Waals surface area contributed by atoms with Crippen molar-refractivity contribution >= 4 is 17.6 Å². The first kappa shape index (κ1) is 28.2. The lowest BCUT2D eigenvalue weighted by Crippen LogP contribution is -2.08. The second kappa shape index (κ2) is 15.8. The molecule has 1 aromatic rings. The molecule has 0 fully saturated rings. The van der Waals surface area contributed by atoms with Gasteiger partial charge >= 0.3 is 5.97 Å². The Labute approximate surface area is 200 Å². The van der Waals surface area contributed by atoms with Crippen LogP contribution in [0.15, 0.2) is 70.9 Å². The molecule has 1 rings (SSSR count). The van der Waals surface area contributed by atoms with Crippen LogP contribution in [0, 0.1) is 6.92 Å². The number of carbonyl (C=O) groups excluding carboxylic acids is 2. The predicted molar refractivity (Wildman–Crippen MR) is 139 cm³/mol. The Balaban J connectivity index is 2.57. The lowest BCUT2D eigenvalue weighted by Gasteiger charge is -2.08. The number of aryl methyl sites for hydroxylation is 1. The molecule has 33 heavy (non-hydrogen) atoms. The highest BCUT2D eigenvalue weighted by atomic mass is 16.5. The maximum atomic E-state index is 12.2. The smallest absolute Gasteiger partial charge is 0.302 e. The van der Waals surface area contributed by atoms with Gasteiger partial charge in [0.1, 0.15) is 6.61 Å². The van der Waals surface area contributed by atoms with E-state index in [1.54, 1.807) is 6.08 Å². The van der Waals surface area contributed by atoms with Gasteiger partial charge in [-0.25, -0.2) is 0 Å². The third kappa shape index (κ3) is 14.7. The summed E-state index contributed by atoms with van der Waals surface area (Å²) in [6.45, 7) is 12.2. The molecule has 0 saturated carbocycles. The minimum absolute atomic E-state index is 0.116. The second-order valence-electron chi connectivity index (χ2n) is 8.94. The third-order valence-electron chi connectivity index (χ3n) is 5.18. The highest BCUT2D eigenvalue weighted by Gasteiger charge is 2.03. The van der Waals surface area contributed by atoms with Crippen LogP contribution < -0.4 is 5.32 Å². The topological polar surface area (TPSA) is 55.4 Å². The van der Waals surface area contributed by atoms with E-state index in [2.05, 4.69) is 44.3 Å². The van der Waals surface area contributed by atoms with Gasteiger partial charge in [0, 0.05) is 18.7 Å². The fraction of sp³-hybridized carbons (Fsp3) is 0.448. The molecule has 0 unspecified atom stereocenters. The van der Waals surface area contributed by atoms with Crippen LogP contribution in [0.1, 0.15) is 78.7 Å². The van der Waals surface area contributed by atoms with Crippen LogP contribution in [-0.4, -0.2) is 18.5 Å². The summed E-state index contributed by atoms with van der Waals surface area (Å²) in [5, 5.41) is 2.89. The quantitative estimate of drug-likeness (QED) is 0.191. The average Bonchev–Trinajstić information content (AvgIpc) is 2.72. The molecule has 0 aliphatic carbocycles. The van der Waals surface area contributed by atoms with Crippen molar-refractivity contribution in [1.29, 1.82) is 0 Å². The zero-order chi connectivity index (χ0) is 24.6. The van der Waals surface area contributed by atoms with Gasteiger partial charge in [-0.05, 0) is 90.8 Å². The molecular weight excluding hydrogens is 410 g/mol. The zero-order valence-corrected chi connectivity index (χ0v) is 21.3. The molecule has 0 radical (unpaired) electrons. The summed E-state index contributed by atoms with van der Waals surface area (Å²) in [4.78, 5) is 23.5. The summed E-state index contributed by atoms with van der Waals surface area (Å²) < 4.78 is 5.24. The van der Waals surface area contributed by atoms with Crippen LogP contribution in [0.3, 0.4) is 0 Å². The van der Waals surface area contributed by atoms with E-state index in [4.69, 9.17) is 4.74 Å². The first-order valence-electron chi connectivity index (χ1n) is 11.8. The molecule has 4 heteroatoms. The number of esters is 1. The molecule has 0 aliphatic rings. The first-order chi connectivity index (χ1) is 15.7. The number of ether oxygens (including phenoxy) is 1. The Morgan fingerprint density at radius 2 is 1.42 bits per heavy atom. The molecule has 0 spiro atoms. The summed E-state index contributed by atoms with van der Waals surface area (Å²) in [5.74, 6) is -0.382. The molecule has 0 aliphatic heterocycles. The van der Waals surface area contributed by atoms with Gasteiger partial charge in [0.2, 0.25) is 5.91 Å². The van der Waals surface area contributed by atoms with E-state index >= 15 is 0 Å². The Kier molecular flexibility index (Phi) is 13.5. The fourth-order valence-electron chi connectivity index (χ4n) is 3.24. The molecule has 1 amide bonds. The Bertz CT molecular complexity index is 882. The van der Waals surface area contributed by atoms with Crippen LogP contribution in [0.2, 0.25) is 0 Å². The van der Waals surface area contributed by atoms with Crippen LogP contribution in [0.5, 0.6) is 0 Å². The lowest BCUT2D eigenvalue weighted by molar-refractivity contribution is -0.140. The second-order valence-corrected chi connectivity index (χ2v) is 8.94. The van der Waals surface area contributed by atoms with Gasteiger partial charge in [-0.1, -0.05) is 52.6 Å². The van der Waals surface area contributed by atoms with Crippen LogP contribution in [0.4, 0.5) is 5.69 Å². The van der Waals surface area contributed by atoms with Crippen molar-refractivity contribution < 1.29 is 14.3 Å². The number of anilines is 1. The minimum Gasteiger partial charge on any atom is -0.461 e. The van der Waals surface area contributed by atoms with Crippen molar-refractivity contribution in [3.8, 4) is 0 Å². The van der Waals surface area contributed by atoms with Gasteiger partial charge in [0.15, 0.2) is 0 Å². The minimum atomic E-state index is -0.266. The molecule has 180 valence electrons. The lowest BCUT2D eigenvalue weighted by atomic mass is 10.0. The highest BCUT2D eigenvalue weighted by Crippen LogP contribution is 2.15. The molecule has 1 N–H and O–H groups in total. The third-order valence-corrected chi connectivity index (χ3v) is 5.18. The van der Waals surface area contributed by atoms with Crippen molar-refractivity contribution in [3.63, 3.8) is 0 Å². The molecule has 0 heterocycles. The number of hydrogen-bond acceptors (Lipinski definition) is 3. The van der Waals surface area contributed by atoms with Crippen molar-refractivity contribution in [2.24, 2.45) is 0 Å². The van der Waals surface area contributed by atoms with Gasteiger partial charge in [-0.15, -0.1) is 0 Å². The van der Waals surface area contributed by atoms with Crippen molar-refractivity contribution in [2.45, 2.75) is 80.1 Å². The molecular formula is C29H41NO3. The number of nitrogens with one attached hydrogen (secondary N) is 1. The van der Waals surface area contributed by atoms with E-state index in [0.717, 1.165) is 60.9 Å². The number of rotatable bonds is 13. The van der Waals surface area contributed by atoms with E-state index < -0.39 is 0 Å².